The second kappa shape index (κ2) is 6.95. The van der Waals surface area contributed by atoms with E-state index in [1.165, 1.54) is 13.2 Å². The third-order valence-electron chi connectivity index (χ3n) is 6.16. The molecule has 0 radical (unpaired) electrons. The van der Waals surface area contributed by atoms with Crippen LogP contribution in [0.2, 0.25) is 0 Å². The predicted molar refractivity (Wildman–Crippen MR) is 110 cm³/mol. The largest absolute Gasteiger partial charge is 0.494 e. The van der Waals surface area contributed by atoms with Gasteiger partial charge in [-0.05, 0) is 67.0 Å². The number of methoxy groups -OCH3 is 1. The monoisotopic (exact) mass is 407 g/mol. The first-order valence-electron chi connectivity index (χ1n) is 10.0. The molecule has 1 aromatic carbocycles. The lowest BCUT2D eigenvalue weighted by molar-refractivity contribution is 0.0694. The number of benzene rings is 1. The summed E-state index contributed by atoms with van der Waals surface area (Å²) in [5.74, 6) is -0.902. The highest BCUT2D eigenvalue weighted by Gasteiger charge is 2.36. The van der Waals surface area contributed by atoms with E-state index in [1.54, 1.807) is 18.3 Å². The number of carboxylic acids is 1. The summed E-state index contributed by atoms with van der Waals surface area (Å²) in [7, 11) is 1.42. The molecule has 1 unspecified atom stereocenters. The lowest BCUT2D eigenvalue weighted by Gasteiger charge is -2.17. The zero-order valence-corrected chi connectivity index (χ0v) is 16.5. The van der Waals surface area contributed by atoms with E-state index >= 15 is 0 Å². The van der Waals surface area contributed by atoms with Gasteiger partial charge in [-0.25, -0.2) is 9.18 Å². The normalized spacial score (nSPS) is 16.0. The molecule has 5 rings (SSSR count). The Labute approximate surface area is 172 Å². The van der Waals surface area contributed by atoms with Crippen molar-refractivity contribution in [3.05, 3.63) is 58.7 Å². The second-order valence-electron chi connectivity index (χ2n) is 8.01. The Balaban J connectivity index is 1.63. The van der Waals surface area contributed by atoms with Crippen LogP contribution in [-0.4, -0.2) is 28.2 Å². The van der Waals surface area contributed by atoms with E-state index in [-0.39, 0.29) is 11.8 Å². The molecular weight excluding hydrogens is 385 g/mol. The van der Waals surface area contributed by atoms with Crippen molar-refractivity contribution in [3.8, 4) is 28.3 Å². The van der Waals surface area contributed by atoms with E-state index in [4.69, 9.17) is 10.5 Å². The Morgan fingerprint density at radius 3 is 2.80 bits per heavy atom. The summed E-state index contributed by atoms with van der Waals surface area (Å²) in [6.45, 7) is 0. The van der Waals surface area contributed by atoms with Crippen molar-refractivity contribution < 1.29 is 19.0 Å². The molecule has 1 fully saturated rings. The van der Waals surface area contributed by atoms with E-state index < -0.39 is 11.8 Å². The van der Waals surface area contributed by atoms with Crippen LogP contribution in [0.15, 0.2) is 30.5 Å². The van der Waals surface area contributed by atoms with Crippen LogP contribution in [0.25, 0.3) is 22.5 Å². The molecule has 0 bridgehead atoms. The lowest BCUT2D eigenvalue weighted by atomic mass is 9.88. The van der Waals surface area contributed by atoms with E-state index in [2.05, 4.69) is 9.97 Å². The highest BCUT2D eigenvalue weighted by Crippen LogP contribution is 2.44. The van der Waals surface area contributed by atoms with Gasteiger partial charge in [-0.15, -0.1) is 0 Å². The Hall–Kier alpha value is -3.19. The Bertz CT molecular complexity index is 1170. The number of carbonyl (C=O) groups is 1. The van der Waals surface area contributed by atoms with Crippen molar-refractivity contribution in [2.45, 2.75) is 31.7 Å². The molecule has 1 saturated carbocycles. The number of carboxylic acid groups (broad SMARTS) is 1. The lowest BCUT2D eigenvalue weighted by Crippen LogP contribution is -2.17. The number of pyridine rings is 1. The van der Waals surface area contributed by atoms with Gasteiger partial charge in [0, 0.05) is 29.1 Å². The van der Waals surface area contributed by atoms with Crippen molar-refractivity contribution in [3.63, 3.8) is 0 Å². The molecule has 7 heteroatoms. The minimum atomic E-state index is -0.950. The van der Waals surface area contributed by atoms with Gasteiger partial charge in [0.15, 0.2) is 11.6 Å². The number of nitrogens with zero attached hydrogens (tertiary/aromatic N) is 1. The Morgan fingerprint density at radius 2 is 2.13 bits per heavy atom. The number of fused-ring (bicyclic) bond motifs is 3. The molecule has 4 N–H and O–H groups in total. The summed E-state index contributed by atoms with van der Waals surface area (Å²) >= 11 is 0. The molecule has 2 heterocycles. The Morgan fingerprint density at radius 1 is 1.33 bits per heavy atom. The molecular formula is C23H22FN3O3. The molecule has 30 heavy (non-hydrogen) atoms. The summed E-state index contributed by atoms with van der Waals surface area (Å²) in [5, 5.41) is 9.88. The third kappa shape index (κ3) is 2.97. The zero-order chi connectivity index (χ0) is 21.0. The van der Waals surface area contributed by atoms with Crippen LogP contribution >= 0.6 is 0 Å². The zero-order valence-electron chi connectivity index (χ0n) is 16.5. The summed E-state index contributed by atoms with van der Waals surface area (Å²) in [5.41, 5.74) is 12.0. The maximum absolute atomic E-state index is 14.2. The van der Waals surface area contributed by atoms with Gasteiger partial charge in [-0.2, -0.15) is 0 Å². The number of aromatic carboxylic acids is 1. The van der Waals surface area contributed by atoms with Crippen LogP contribution in [-0.2, 0) is 12.8 Å². The molecule has 0 amide bonds. The van der Waals surface area contributed by atoms with Gasteiger partial charge in [0.05, 0.1) is 24.1 Å². The van der Waals surface area contributed by atoms with Gasteiger partial charge >= 0.3 is 5.97 Å². The first-order valence-corrected chi connectivity index (χ1v) is 10.0. The fourth-order valence-electron chi connectivity index (χ4n) is 4.38. The van der Waals surface area contributed by atoms with Gasteiger partial charge in [0.25, 0.3) is 0 Å². The summed E-state index contributed by atoms with van der Waals surface area (Å²) in [6, 6.07) is 6.31. The van der Waals surface area contributed by atoms with Crippen molar-refractivity contribution in [2.75, 3.05) is 7.11 Å². The topological polar surface area (TPSA) is 101 Å². The minimum Gasteiger partial charge on any atom is -0.494 e. The van der Waals surface area contributed by atoms with Gasteiger partial charge in [-0.1, -0.05) is 0 Å². The number of H-pyrrole nitrogens is 1. The number of nitrogens with one attached hydrogen (secondary N) is 1. The van der Waals surface area contributed by atoms with Crippen molar-refractivity contribution >= 4 is 5.97 Å². The number of hydrogen-bond donors (Lipinski definition) is 3. The maximum atomic E-state index is 14.2. The van der Waals surface area contributed by atoms with E-state index in [1.807, 2.05) is 6.07 Å². The molecule has 0 aliphatic heterocycles. The smallest absolute Gasteiger partial charge is 0.337 e. The highest BCUT2D eigenvalue weighted by molar-refractivity contribution is 5.95. The Kier molecular flexibility index (Phi) is 4.36. The number of rotatable bonds is 5. The standard InChI is InChI=1S/C23H22FN3O3/c1-30-18-7-5-12(8-16(18)24)17-9-15-13(10-26-17)4-6-14-19(23(28)29)22(27-21(14)15)20(25)11-2-3-11/h5,7-11,20,27H,2-4,6,25H2,1H3,(H,28,29). The molecule has 2 aliphatic rings. The van der Waals surface area contributed by atoms with Crippen LogP contribution in [0.1, 0.15) is 46.1 Å². The summed E-state index contributed by atoms with van der Waals surface area (Å²) in [6.07, 6.45) is 5.16. The molecule has 2 aliphatic carbocycles. The van der Waals surface area contributed by atoms with Crippen molar-refractivity contribution in [1.29, 1.82) is 0 Å². The molecule has 2 aromatic heterocycles. The van der Waals surface area contributed by atoms with Crippen LogP contribution in [0.5, 0.6) is 5.75 Å². The number of hydrogen-bond acceptors (Lipinski definition) is 4. The third-order valence-corrected chi connectivity index (χ3v) is 6.16. The predicted octanol–water partition coefficient (Wildman–Crippen LogP) is 4.10. The maximum Gasteiger partial charge on any atom is 0.337 e. The summed E-state index contributed by atoms with van der Waals surface area (Å²) < 4.78 is 19.2. The molecule has 0 saturated heterocycles. The molecule has 6 nitrogen and oxygen atoms in total. The number of aromatic nitrogens is 2. The van der Waals surface area contributed by atoms with Crippen LogP contribution in [0.4, 0.5) is 4.39 Å². The van der Waals surface area contributed by atoms with Crippen molar-refractivity contribution in [2.24, 2.45) is 11.7 Å². The molecule has 0 spiro atoms. The number of aryl methyl sites for hydroxylation is 1. The fourth-order valence-corrected chi connectivity index (χ4v) is 4.38. The van der Waals surface area contributed by atoms with Gasteiger partial charge in [0.1, 0.15) is 0 Å². The van der Waals surface area contributed by atoms with E-state index in [0.29, 0.717) is 41.3 Å². The van der Waals surface area contributed by atoms with Crippen LogP contribution < -0.4 is 10.5 Å². The summed E-state index contributed by atoms with van der Waals surface area (Å²) in [4.78, 5) is 19.9. The average Bonchev–Trinajstić information content (AvgIpc) is 3.51. The average molecular weight is 407 g/mol. The minimum absolute atomic E-state index is 0.174. The first kappa shape index (κ1) is 18.8. The van der Waals surface area contributed by atoms with Crippen LogP contribution in [0, 0.1) is 11.7 Å². The molecule has 3 aromatic rings. The number of nitrogens with two attached hydrogens (primary N) is 1. The molecule has 1 atom stereocenters. The quantitative estimate of drug-likeness (QED) is 0.591. The van der Waals surface area contributed by atoms with Gasteiger partial charge in [0.2, 0.25) is 0 Å². The fraction of sp³-hybridized carbons (Fsp3) is 0.304. The van der Waals surface area contributed by atoms with E-state index in [9.17, 15) is 14.3 Å². The highest BCUT2D eigenvalue weighted by atomic mass is 19.1. The van der Waals surface area contributed by atoms with Gasteiger partial charge in [-0.3, -0.25) is 4.98 Å². The van der Waals surface area contributed by atoms with E-state index in [0.717, 1.165) is 35.2 Å². The first-order chi connectivity index (χ1) is 14.5. The van der Waals surface area contributed by atoms with Crippen LogP contribution in [0.3, 0.4) is 0 Å². The number of aromatic amines is 1. The number of ether oxygens (including phenoxy) is 1. The molecule has 154 valence electrons. The SMILES string of the molecule is COc1ccc(-c2cc3c(cn2)CCc2c-3[nH]c(C(N)C3CC3)c2C(=O)O)cc1F. The second-order valence-corrected chi connectivity index (χ2v) is 8.01. The van der Waals surface area contributed by atoms with Gasteiger partial charge < -0.3 is 20.6 Å². The number of halogens is 1. The van der Waals surface area contributed by atoms with Crippen molar-refractivity contribution in [1.82, 2.24) is 9.97 Å².